The highest BCUT2D eigenvalue weighted by atomic mass is 16.5. The lowest BCUT2D eigenvalue weighted by molar-refractivity contribution is -0.133. The van der Waals surface area contributed by atoms with E-state index in [0.29, 0.717) is 19.1 Å². The molecule has 3 atom stereocenters. The summed E-state index contributed by atoms with van der Waals surface area (Å²) in [7, 11) is 1.74. The summed E-state index contributed by atoms with van der Waals surface area (Å²) in [5, 5.41) is 9.90. The molecule has 0 bridgehead atoms. The second-order valence-electron chi connectivity index (χ2n) is 5.69. The minimum atomic E-state index is -0.637. The van der Waals surface area contributed by atoms with Crippen LogP contribution < -0.4 is 0 Å². The number of benzene rings is 1. The predicted octanol–water partition coefficient (Wildman–Crippen LogP) is 1.68. The molecule has 4 heteroatoms. The average Bonchev–Trinajstić information content (AvgIpc) is 3.16. The molecule has 0 radical (unpaired) electrons. The predicted molar refractivity (Wildman–Crippen MR) is 77.0 cm³/mol. The van der Waals surface area contributed by atoms with Crippen molar-refractivity contribution in [2.75, 3.05) is 20.2 Å². The second-order valence-corrected chi connectivity index (χ2v) is 5.69. The maximum atomic E-state index is 11.9. The van der Waals surface area contributed by atoms with Gasteiger partial charge in [0, 0.05) is 19.5 Å². The number of aliphatic hydroxyl groups is 1. The van der Waals surface area contributed by atoms with Crippen LogP contribution in [0.25, 0.3) is 0 Å². The number of hydrogen-bond acceptors (Lipinski definition) is 3. The number of carbonyl (C=O) groups is 1. The number of carbonyl (C=O) groups excluding carboxylic acids is 1. The van der Waals surface area contributed by atoms with Crippen molar-refractivity contribution in [1.82, 2.24) is 4.90 Å². The fraction of sp³-hybridized carbons (Fsp3) is 0.562. The van der Waals surface area contributed by atoms with E-state index in [4.69, 9.17) is 4.74 Å². The lowest BCUT2D eigenvalue weighted by atomic mass is 10.2. The smallest absolute Gasteiger partial charge is 0.225 e. The topological polar surface area (TPSA) is 49.8 Å². The standard InChI is InChI=1S/C16H23NO3/c1-12-8-15(12)16(19)17(2)9-14(18)11-20-10-13-6-4-3-5-7-13/h3-7,12,14-15,18H,8-11H2,1-2H3. The van der Waals surface area contributed by atoms with E-state index in [-0.39, 0.29) is 18.4 Å². The van der Waals surface area contributed by atoms with E-state index in [9.17, 15) is 9.90 Å². The molecule has 0 aliphatic heterocycles. The molecule has 1 N–H and O–H groups in total. The van der Waals surface area contributed by atoms with Crippen molar-refractivity contribution < 1.29 is 14.6 Å². The van der Waals surface area contributed by atoms with E-state index < -0.39 is 6.10 Å². The molecule has 1 aliphatic rings. The number of rotatable bonds is 7. The van der Waals surface area contributed by atoms with Crippen LogP contribution in [0.3, 0.4) is 0 Å². The Labute approximate surface area is 120 Å². The molecule has 2 rings (SSSR count). The zero-order valence-electron chi connectivity index (χ0n) is 12.2. The molecule has 1 aromatic rings. The van der Waals surface area contributed by atoms with Crippen molar-refractivity contribution >= 4 is 5.91 Å². The Bertz CT molecular complexity index is 435. The second kappa shape index (κ2) is 6.86. The van der Waals surface area contributed by atoms with Crippen LogP contribution in [0.15, 0.2) is 30.3 Å². The van der Waals surface area contributed by atoms with Crippen molar-refractivity contribution in [3.8, 4) is 0 Å². The monoisotopic (exact) mass is 277 g/mol. The van der Waals surface area contributed by atoms with E-state index in [1.54, 1.807) is 11.9 Å². The molecular formula is C16H23NO3. The molecule has 110 valence electrons. The Morgan fingerprint density at radius 3 is 2.70 bits per heavy atom. The molecular weight excluding hydrogens is 254 g/mol. The van der Waals surface area contributed by atoms with Crippen molar-refractivity contribution in [3.05, 3.63) is 35.9 Å². The van der Waals surface area contributed by atoms with E-state index >= 15 is 0 Å². The zero-order valence-corrected chi connectivity index (χ0v) is 12.2. The van der Waals surface area contributed by atoms with E-state index in [2.05, 4.69) is 6.92 Å². The van der Waals surface area contributed by atoms with Crippen LogP contribution in [-0.2, 0) is 16.1 Å². The number of likely N-dealkylation sites (N-methyl/N-ethyl adjacent to an activating group) is 1. The van der Waals surface area contributed by atoms with Gasteiger partial charge in [-0.05, 0) is 17.9 Å². The minimum Gasteiger partial charge on any atom is -0.389 e. The van der Waals surface area contributed by atoms with Gasteiger partial charge >= 0.3 is 0 Å². The lowest BCUT2D eigenvalue weighted by Crippen LogP contribution is -2.37. The molecule has 0 spiro atoms. The van der Waals surface area contributed by atoms with E-state index in [0.717, 1.165) is 12.0 Å². The Balaban J connectivity index is 1.65. The van der Waals surface area contributed by atoms with Gasteiger partial charge in [0.15, 0.2) is 0 Å². The van der Waals surface area contributed by atoms with Gasteiger partial charge in [-0.25, -0.2) is 0 Å². The van der Waals surface area contributed by atoms with Gasteiger partial charge in [0.25, 0.3) is 0 Å². The van der Waals surface area contributed by atoms with Gasteiger partial charge in [0.1, 0.15) is 0 Å². The zero-order chi connectivity index (χ0) is 14.5. The summed E-state index contributed by atoms with van der Waals surface area (Å²) in [6.45, 7) is 3.13. The first-order valence-corrected chi connectivity index (χ1v) is 7.12. The summed E-state index contributed by atoms with van der Waals surface area (Å²) in [6, 6.07) is 9.83. The van der Waals surface area contributed by atoms with Crippen LogP contribution in [0.2, 0.25) is 0 Å². The Kier molecular flexibility index (Phi) is 5.15. The largest absolute Gasteiger partial charge is 0.389 e. The first kappa shape index (κ1) is 15.0. The quantitative estimate of drug-likeness (QED) is 0.825. The van der Waals surface area contributed by atoms with Gasteiger partial charge in [-0.15, -0.1) is 0 Å². The maximum Gasteiger partial charge on any atom is 0.225 e. The van der Waals surface area contributed by atoms with Crippen molar-refractivity contribution in [2.45, 2.75) is 26.1 Å². The normalized spacial score (nSPS) is 22.4. The molecule has 0 saturated heterocycles. The average molecular weight is 277 g/mol. The third-order valence-electron chi connectivity index (χ3n) is 3.71. The third-order valence-corrected chi connectivity index (χ3v) is 3.71. The van der Waals surface area contributed by atoms with Gasteiger partial charge in [-0.3, -0.25) is 4.79 Å². The molecule has 3 unspecified atom stereocenters. The number of aliphatic hydroxyl groups excluding tert-OH is 1. The van der Waals surface area contributed by atoms with Gasteiger partial charge < -0.3 is 14.7 Å². The molecule has 1 fully saturated rings. The van der Waals surface area contributed by atoms with Crippen molar-refractivity contribution in [1.29, 1.82) is 0 Å². The number of nitrogens with zero attached hydrogens (tertiary/aromatic N) is 1. The maximum absolute atomic E-state index is 11.9. The Morgan fingerprint density at radius 2 is 2.10 bits per heavy atom. The summed E-state index contributed by atoms with van der Waals surface area (Å²) in [6.07, 6.45) is 0.339. The van der Waals surface area contributed by atoms with Gasteiger partial charge in [0.2, 0.25) is 5.91 Å². The van der Waals surface area contributed by atoms with Gasteiger partial charge in [0.05, 0.1) is 19.3 Å². The molecule has 1 amide bonds. The molecule has 0 heterocycles. The molecule has 4 nitrogen and oxygen atoms in total. The number of ether oxygens (including phenoxy) is 1. The Hall–Kier alpha value is -1.39. The van der Waals surface area contributed by atoms with Crippen molar-refractivity contribution in [2.24, 2.45) is 11.8 Å². The van der Waals surface area contributed by atoms with Crippen LogP contribution in [0.1, 0.15) is 18.9 Å². The van der Waals surface area contributed by atoms with Crippen LogP contribution in [0, 0.1) is 11.8 Å². The highest BCUT2D eigenvalue weighted by Crippen LogP contribution is 2.38. The van der Waals surface area contributed by atoms with Crippen molar-refractivity contribution in [3.63, 3.8) is 0 Å². The minimum absolute atomic E-state index is 0.139. The highest BCUT2D eigenvalue weighted by molar-refractivity contribution is 5.81. The fourth-order valence-electron chi connectivity index (χ4n) is 2.30. The summed E-state index contributed by atoms with van der Waals surface area (Å²) in [5.74, 6) is 0.800. The number of hydrogen-bond donors (Lipinski definition) is 1. The summed E-state index contributed by atoms with van der Waals surface area (Å²) >= 11 is 0. The summed E-state index contributed by atoms with van der Waals surface area (Å²) in [4.78, 5) is 13.5. The molecule has 1 saturated carbocycles. The summed E-state index contributed by atoms with van der Waals surface area (Å²) in [5.41, 5.74) is 1.08. The van der Waals surface area contributed by atoms with Crippen LogP contribution in [0.5, 0.6) is 0 Å². The highest BCUT2D eigenvalue weighted by Gasteiger charge is 2.40. The SMILES string of the molecule is CC1CC1C(=O)N(C)CC(O)COCc1ccccc1. The first-order valence-electron chi connectivity index (χ1n) is 7.12. The van der Waals surface area contributed by atoms with Crippen LogP contribution in [0.4, 0.5) is 0 Å². The molecule has 0 aromatic heterocycles. The first-order chi connectivity index (χ1) is 9.58. The number of amides is 1. The van der Waals surface area contributed by atoms with E-state index in [1.165, 1.54) is 0 Å². The summed E-state index contributed by atoms with van der Waals surface area (Å²) < 4.78 is 5.47. The Morgan fingerprint density at radius 1 is 1.45 bits per heavy atom. The third kappa shape index (κ3) is 4.32. The fourth-order valence-corrected chi connectivity index (χ4v) is 2.30. The van der Waals surface area contributed by atoms with Crippen LogP contribution in [-0.4, -0.2) is 42.2 Å². The van der Waals surface area contributed by atoms with Gasteiger partial charge in [-0.2, -0.15) is 0 Å². The van der Waals surface area contributed by atoms with E-state index in [1.807, 2.05) is 30.3 Å². The molecule has 20 heavy (non-hydrogen) atoms. The van der Waals surface area contributed by atoms with Crippen LogP contribution >= 0.6 is 0 Å². The molecule has 1 aromatic carbocycles. The van der Waals surface area contributed by atoms with Gasteiger partial charge in [-0.1, -0.05) is 37.3 Å². The molecule has 1 aliphatic carbocycles. The lowest BCUT2D eigenvalue weighted by Gasteiger charge is -2.21.